The summed E-state index contributed by atoms with van der Waals surface area (Å²) < 4.78 is 6.84. The van der Waals surface area contributed by atoms with Gasteiger partial charge in [-0.3, -0.25) is 9.36 Å². The lowest BCUT2D eigenvalue weighted by molar-refractivity contribution is 0.0985. The van der Waals surface area contributed by atoms with Crippen molar-refractivity contribution in [1.82, 2.24) is 4.57 Å². The van der Waals surface area contributed by atoms with Crippen molar-refractivity contribution in [3.8, 4) is 0 Å². The Kier molecular flexibility index (Phi) is 4.35. The first-order valence-corrected chi connectivity index (χ1v) is 7.89. The number of carbonyl (C=O) groups excluding carboxylic acids is 1. The first-order chi connectivity index (χ1) is 11.1. The monoisotopic (exact) mass is 329 g/mol. The maximum absolute atomic E-state index is 12.1. The van der Waals surface area contributed by atoms with Gasteiger partial charge in [-0.05, 0) is 30.2 Å². The second-order valence-corrected chi connectivity index (χ2v) is 5.89. The summed E-state index contributed by atoms with van der Waals surface area (Å²) in [5, 5.41) is -0.564. The summed E-state index contributed by atoms with van der Waals surface area (Å²) >= 11 is 6.00. The van der Waals surface area contributed by atoms with Crippen molar-refractivity contribution < 1.29 is 9.21 Å². The van der Waals surface area contributed by atoms with Gasteiger partial charge in [-0.25, -0.2) is 4.79 Å². The number of ketones is 1. The molecule has 3 rings (SSSR count). The highest BCUT2D eigenvalue weighted by Crippen LogP contribution is 2.19. The van der Waals surface area contributed by atoms with E-state index in [0.717, 1.165) is 5.56 Å². The van der Waals surface area contributed by atoms with Crippen LogP contribution in [-0.2, 0) is 6.54 Å². The fraction of sp³-hybridized carbons (Fsp3) is 0.222. The van der Waals surface area contributed by atoms with Crippen LogP contribution in [0.4, 0.5) is 0 Å². The minimum atomic E-state index is -0.564. The third-order valence-electron chi connectivity index (χ3n) is 3.78. The lowest BCUT2D eigenvalue weighted by Crippen LogP contribution is -2.15. The molecule has 5 heteroatoms. The maximum atomic E-state index is 12.1. The summed E-state index contributed by atoms with van der Waals surface area (Å²) in [6.07, 6.45) is 0.553. The van der Waals surface area contributed by atoms with Crippen molar-refractivity contribution in [3.05, 3.63) is 70.2 Å². The molecule has 1 heterocycles. The number of aromatic nitrogens is 1. The fourth-order valence-electron chi connectivity index (χ4n) is 2.50. The topological polar surface area (TPSA) is 52.2 Å². The van der Waals surface area contributed by atoms with Crippen LogP contribution < -0.4 is 5.76 Å². The van der Waals surface area contributed by atoms with Gasteiger partial charge in [0.15, 0.2) is 11.4 Å². The van der Waals surface area contributed by atoms with Crippen LogP contribution in [0.1, 0.15) is 29.3 Å². The Morgan fingerprint density at radius 2 is 1.96 bits per heavy atom. The molecule has 0 saturated heterocycles. The van der Waals surface area contributed by atoms with Crippen LogP contribution in [-0.4, -0.2) is 15.7 Å². The van der Waals surface area contributed by atoms with Crippen molar-refractivity contribution in [2.75, 3.05) is 0 Å². The highest BCUT2D eigenvalue weighted by Gasteiger charge is 2.18. The van der Waals surface area contributed by atoms with Gasteiger partial charge in [-0.1, -0.05) is 37.3 Å². The van der Waals surface area contributed by atoms with Crippen molar-refractivity contribution in [3.63, 3.8) is 0 Å². The van der Waals surface area contributed by atoms with Crippen molar-refractivity contribution >= 4 is 28.5 Å². The number of alkyl halides is 1. The van der Waals surface area contributed by atoms with E-state index in [2.05, 4.69) is 0 Å². The molecule has 3 aromatic rings. The second kappa shape index (κ2) is 6.42. The number of nitrogens with zero attached hydrogens (tertiary/aromatic N) is 1. The summed E-state index contributed by atoms with van der Waals surface area (Å²) in [5.74, 6) is -0.596. The minimum Gasteiger partial charge on any atom is -0.408 e. The van der Waals surface area contributed by atoms with Crippen LogP contribution in [0.25, 0.3) is 11.1 Å². The molecule has 1 atom stereocenters. The standard InChI is InChI=1S/C18H16ClNO3/c1-2-14(19)17(21)13-8-9-15-16(10-13)23-18(22)20(15)11-12-6-4-3-5-7-12/h3-10,14H,2,11H2,1H3. The molecule has 0 spiro atoms. The molecule has 23 heavy (non-hydrogen) atoms. The van der Waals surface area contributed by atoms with Gasteiger partial charge in [0.2, 0.25) is 0 Å². The van der Waals surface area contributed by atoms with Crippen LogP contribution in [0, 0.1) is 0 Å². The fourth-order valence-corrected chi connectivity index (χ4v) is 2.63. The van der Waals surface area contributed by atoms with Crippen molar-refractivity contribution in [2.45, 2.75) is 25.3 Å². The van der Waals surface area contributed by atoms with E-state index in [9.17, 15) is 9.59 Å². The Labute approximate surface area is 138 Å². The van der Waals surface area contributed by atoms with Crippen LogP contribution in [0.5, 0.6) is 0 Å². The summed E-state index contributed by atoms with van der Waals surface area (Å²) in [6.45, 7) is 2.28. The van der Waals surface area contributed by atoms with Crippen molar-refractivity contribution in [1.29, 1.82) is 0 Å². The minimum absolute atomic E-state index is 0.158. The van der Waals surface area contributed by atoms with Gasteiger partial charge in [0, 0.05) is 5.56 Å². The lowest BCUT2D eigenvalue weighted by Gasteiger charge is -2.06. The summed E-state index contributed by atoms with van der Waals surface area (Å²) in [6, 6.07) is 14.7. The van der Waals surface area contributed by atoms with Gasteiger partial charge in [-0.15, -0.1) is 11.6 Å². The molecule has 0 N–H and O–H groups in total. The molecule has 0 fully saturated rings. The molecule has 0 bridgehead atoms. The van der Waals surface area contributed by atoms with E-state index >= 15 is 0 Å². The van der Waals surface area contributed by atoms with E-state index in [0.29, 0.717) is 29.6 Å². The third kappa shape index (κ3) is 3.08. The van der Waals surface area contributed by atoms with Crippen LogP contribution >= 0.6 is 11.6 Å². The molecule has 118 valence electrons. The smallest absolute Gasteiger partial charge is 0.408 e. The Hall–Kier alpha value is -2.33. The summed E-state index contributed by atoms with van der Waals surface area (Å²) in [7, 11) is 0. The summed E-state index contributed by atoms with van der Waals surface area (Å²) in [4.78, 5) is 24.2. The number of rotatable bonds is 5. The number of fused-ring (bicyclic) bond motifs is 1. The second-order valence-electron chi connectivity index (χ2n) is 5.36. The van der Waals surface area contributed by atoms with Gasteiger partial charge in [0.25, 0.3) is 0 Å². The van der Waals surface area contributed by atoms with Gasteiger partial charge in [0.05, 0.1) is 17.4 Å². The van der Waals surface area contributed by atoms with Crippen LogP contribution in [0.2, 0.25) is 0 Å². The van der Waals surface area contributed by atoms with E-state index in [4.69, 9.17) is 16.0 Å². The number of hydrogen-bond donors (Lipinski definition) is 0. The molecule has 1 unspecified atom stereocenters. The third-order valence-corrected chi connectivity index (χ3v) is 4.29. The van der Waals surface area contributed by atoms with E-state index in [1.54, 1.807) is 22.8 Å². The predicted molar refractivity (Wildman–Crippen MR) is 90.3 cm³/mol. The van der Waals surface area contributed by atoms with Gasteiger partial charge in [0.1, 0.15) is 0 Å². The number of Topliss-reactive ketones (excluding diaryl/α,β-unsaturated/α-hetero) is 1. The zero-order valence-electron chi connectivity index (χ0n) is 12.7. The normalized spacial score (nSPS) is 12.4. The number of hydrogen-bond acceptors (Lipinski definition) is 3. The molecule has 4 nitrogen and oxygen atoms in total. The molecule has 1 aromatic heterocycles. The molecule has 0 aliphatic carbocycles. The van der Waals surface area contributed by atoms with Crippen LogP contribution in [0.15, 0.2) is 57.7 Å². The predicted octanol–water partition coefficient (Wildman–Crippen LogP) is 3.84. The Morgan fingerprint density at radius 3 is 2.65 bits per heavy atom. The largest absolute Gasteiger partial charge is 0.420 e. The Bertz CT molecular complexity index is 896. The first-order valence-electron chi connectivity index (χ1n) is 7.45. The van der Waals surface area contributed by atoms with Crippen LogP contribution in [0.3, 0.4) is 0 Å². The van der Waals surface area contributed by atoms with E-state index in [1.807, 2.05) is 37.3 Å². The van der Waals surface area contributed by atoms with E-state index < -0.39 is 11.1 Å². The van der Waals surface area contributed by atoms with Crippen molar-refractivity contribution in [2.24, 2.45) is 0 Å². The quantitative estimate of drug-likeness (QED) is 0.528. The first kappa shape index (κ1) is 15.6. The number of benzene rings is 2. The zero-order chi connectivity index (χ0) is 16.4. The average molecular weight is 330 g/mol. The maximum Gasteiger partial charge on any atom is 0.420 e. The lowest BCUT2D eigenvalue weighted by atomic mass is 10.1. The molecule has 0 aliphatic heterocycles. The van der Waals surface area contributed by atoms with Gasteiger partial charge >= 0.3 is 5.76 Å². The highest BCUT2D eigenvalue weighted by atomic mass is 35.5. The molecule has 0 saturated carbocycles. The van der Waals surface area contributed by atoms with Gasteiger partial charge in [-0.2, -0.15) is 0 Å². The van der Waals surface area contributed by atoms with E-state index in [1.165, 1.54) is 0 Å². The summed E-state index contributed by atoms with van der Waals surface area (Å²) in [5.41, 5.74) is 2.53. The molecular formula is C18H16ClNO3. The molecule has 0 aliphatic rings. The Balaban J connectivity index is 2.00. The number of carbonyl (C=O) groups is 1. The SMILES string of the molecule is CCC(Cl)C(=O)c1ccc2c(c1)oc(=O)n2Cc1ccccc1. The number of halogens is 1. The molecular weight excluding hydrogens is 314 g/mol. The van der Waals surface area contributed by atoms with E-state index in [-0.39, 0.29) is 5.78 Å². The average Bonchev–Trinajstić information content (AvgIpc) is 2.89. The Morgan fingerprint density at radius 1 is 1.22 bits per heavy atom. The van der Waals surface area contributed by atoms with Gasteiger partial charge < -0.3 is 4.42 Å². The molecule has 0 amide bonds. The number of oxazole rings is 1. The zero-order valence-corrected chi connectivity index (χ0v) is 13.4. The highest BCUT2D eigenvalue weighted by molar-refractivity contribution is 6.34. The molecule has 2 aromatic carbocycles. The molecule has 0 radical (unpaired) electrons.